The van der Waals surface area contributed by atoms with Crippen LogP contribution in [-0.4, -0.2) is 9.97 Å². The van der Waals surface area contributed by atoms with Gasteiger partial charge in [-0.05, 0) is 24.3 Å². The first-order valence-electron chi connectivity index (χ1n) is 6.09. The predicted octanol–water partition coefficient (Wildman–Crippen LogP) is 3.77. The van der Waals surface area contributed by atoms with E-state index in [9.17, 15) is 9.65 Å². The number of rotatable bonds is 2. The number of nitrogens with one attached hydrogen (secondary N) is 1. The molecule has 0 unspecified atom stereocenters. The molecule has 0 saturated carbocycles. The molecule has 1 heterocycles. The molecule has 0 saturated heterocycles. The molecule has 0 atom stereocenters. The second kappa shape index (κ2) is 4.98. The lowest BCUT2D eigenvalue weighted by molar-refractivity contribution is 0.625. The van der Waals surface area contributed by atoms with E-state index in [1.165, 1.54) is 12.1 Å². The van der Waals surface area contributed by atoms with E-state index in [4.69, 9.17) is 0 Å². The van der Waals surface area contributed by atoms with Crippen LogP contribution in [0.5, 0.6) is 0 Å². The van der Waals surface area contributed by atoms with Crippen molar-refractivity contribution in [2.45, 2.75) is 0 Å². The van der Waals surface area contributed by atoms with Crippen LogP contribution >= 0.6 is 0 Å². The molecule has 20 heavy (non-hydrogen) atoms. The van der Waals surface area contributed by atoms with Gasteiger partial charge in [-0.1, -0.05) is 30.3 Å². The third-order valence-corrected chi connectivity index (χ3v) is 2.97. The van der Waals surface area contributed by atoms with Crippen LogP contribution in [0.15, 0.2) is 48.5 Å². The average molecular weight is 263 g/mol. The highest BCUT2D eigenvalue weighted by Gasteiger charge is 2.08. The summed E-state index contributed by atoms with van der Waals surface area (Å²) in [7, 11) is 0. The normalized spacial score (nSPS) is 11.5. The maximum absolute atomic E-state index is 13.6. The van der Waals surface area contributed by atoms with Gasteiger partial charge in [-0.3, -0.25) is 0 Å². The fraction of sp³-hybridized carbons (Fsp3) is 0. The van der Waals surface area contributed by atoms with Crippen molar-refractivity contribution in [2.75, 3.05) is 0 Å². The Hall–Kier alpha value is -2.93. The molecule has 0 radical (unpaired) electrons. The van der Waals surface area contributed by atoms with Gasteiger partial charge in [0.25, 0.3) is 0 Å². The third kappa shape index (κ3) is 2.17. The molecule has 1 N–H and O–H groups in total. The zero-order valence-electron chi connectivity index (χ0n) is 10.5. The van der Waals surface area contributed by atoms with Crippen molar-refractivity contribution in [1.29, 1.82) is 5.26 Å². The number of H-pyrrole nitrogens is 1. The van der Waals surface area contributed by atoms with Crippen LogP contribution < -0.4 is 0 Å². The number of fused-ring (bicyclic) bond motifs is 1. The number of hydrogen-bond acceptors (Lipinski definition) is 2. The number of halogens is 1. The summed E-state index contributed by atoms with van der Waals surface area (Å²) in [6.45, 7) is 0. The summed E-state index contributed by atoms with van der Waals surface area (Å²) < 4.78 is 13.6. The van der Waals surface area contributed by atoms with Crippen LogP contribution in [0.25, 0.3) is 22.7 Å². The van der Waals surface area contributed by atoms with Gasteiger partial charge >= 0.3 is 0 Å². The summed E-state index contributed by atoms with van der Waals surface area (Å²) in [5, 5.41) is 9.26. The number of para-hydroxylation sites is 2. The number of hydrogen-bond donors (Lipinski definition) is 1. The van der Waals surface area contributed by atoms with Crippen molar-refractivity contribution in [3.8, 4) is 6.07 Å². The monoisotopic (exact) mass is 263 g/mol. The number of nitriles is 1. The van der Waals surface area contributed by atoms with Crippen molar-refractivity contribution in [2.24, 2.45) is 0 Å². The molecule has 0 spiro atoms. The van der Waals surface area contributed by atoms with Crippen molar-refractivity contribution in [1.82, 2.24) is 9.97 Å². The molecule has 0 aliphatic carbocycles. The molecule has 4 heteroatoms. The quantitative estimate of drug-likeness (QED) is 0.715. The van der Waals surface area contributed by atoms with Crippen LogP contribution in [0.1, 0.15) is 11.4 Å². The number of nitrogens with zero attached hydrogens (tertiary/aromatic N) is 2. The molecule has 0 aliphatic heterocycles. The minimum absolute atomic E-state index is 0.297. The fourth-order valence-electron chi connectivity index (χ4n) is 1.98. The van der Waals surface area contributed by atoms with Crippen molar-refractivity contribution < 1.29 is 4.39 Å². The Bertz CT molecular complexity index is 807. The molecule has 3 nitrogen and oxygen atoms in total. The summed E-state index contributed by atoms with van der Waals surface area (Å²) in [6.07, 6.45) is 1.49. The van der Waals surface area contributed by atoms with Crippen molar-refractivity contribution in [3.05, 3.63) is 65.7 Å². The Morgan fingerprint density at radius 1 is 1.15 bits per heavy atom. The zero-order valence-corrected chi connectivity index (χ0v) is 10.5. The van der Waals surface area contributed by atoms with E-state index in [2.05, 4.69) is 16.0 Å². The Kier molecular flexibility index (Phi) is 3.02. The van der Waals surface area contributed by atoms with Crippen molar-refractivity contribution >= 4 is 22.7 Å². The smallest absolute Gasteiger partial charge is 0.149 e. The summed E-state index contributed by atoms with van der Waals surface area (Å²) in [6, 6.07) is 15.9. The SMILES string of the molecule is N#C/C(=C\c1ccccc1F)c1nc2ccccc2[nH]1. The number of aromatic amines is 1. The lowest BCUT2D eigenvalue weighted by Crippen LogP contribution is -1.87. The molecular weight excluding hydrogens is 253 g/mol. The summed E-state index contributed by atoms with van der Waals surface area (Å²) in [4.78, 5) is 7.40. The highest BCUT2D eigenvalue weighted by atomic mass is 19.1. The molecule has 3 aromatic rings. The Labute approximate surface area is 115 Å². The van der Waals surface area contributed by atoms with E-state index >= 15 is 0 Å². The van der Waals surface area contributed by atoms with Gasteiger partial charge in [0.15, 0.2) is 0 Å². The Morgan fingerprint density at radius 3 is 2.65 bits per heavy atom. The van der Waals surface area contributed by atoms with Crippen LogP contribution in [0.4, 0.5) is 4.39 Å². The lowest BCUT2D eigenvalue weighted by atomic mass is 10.1. The average Bonchev–Trinajstić information content (AvgIpc) is 2.90. The van der Waals surface area contributed by atoms with E-state index in [-0.39, 0.29) is 5.82 Å². The first-order valence-corrected chi connectivity index (χ1v) is 6.09. The molecule has 2 aromatic carbocycles. The number of allylic oxidation sites excluding steroid dienone is 1. The topological polar surface area (TPSA) is 52.5 Å². The van der Waals surface area contributed by atoms with E-state index in [0.29, 0.717) is 17.0 Å². The molecule has 0 fully saturated rings. The first-order chi connectivity index (χ1) is 9.78. The van der Waals surface area contributed by atoms with E-state index in [1.807, 2.05) is 24.3 Å². The number of benzene rings is 2. The fourth-order valence-corrected chi connectivity index (χ4v) is 1.98. The minimum atomic E-state index is -0.364. The maximum Gasteiger partial charge on any atom is 0.149 e. The van der Waals surface area contributed by atoms with Gasteiger partial charge in [0, 0.05) is 5.56 Å². The molecule has 0 aliphatic rings. The second-order valence-corrected chi connectivity index (χ2v) is 4.29. The van der Waals surface area contributed by atoms with E-state index in [1.54, 1.807) is 18.2 Å². The largest absolute Gasteiger partial charge is 0.337 e. The van der Waals surface area contributed by atoms with Crippen LogP contribution in [0, 0.1) is 17.1 Å². The van der Waals surface area contributed by atoms with Gasteiger partial charge in [0.2, 0.25) is 0 Å². The zero-order chi connectivity index (χ0) is 13.9. The maximum atomic E-state index is 13.6. The highest BCUT2D eigenvalue weighted by molar-refractivity contribution is 5.90. The summed E-state index contributed by atoms with van der Waals surface area (Å²) in [5.74, 6) is 0.0771. The predicted molar refractivity (Wildman–Crippen MR) is 76.0 cm³/mol. The van der Waals surface area contributed by atoms with Gasteiger partial charge < -0.3 is 4.98 Å². The minimum Gasteiger partial charge on any atom is -0.337 e. The molecular formula is C16H10FN3. The van der Waals surface area contributed by atoms with Gasteiger partial charge in [-0.15, -0.1) is 0 Å². The molecule has 0 bridgehead atoms. The summed E-state index contributed by atoms with van der Waals surface area (Å²) >= 11 is 0. The third-order valence-electron chi connectivity index (χ3n) is 2.97. The summed E-state index contributed by atoms with van der Waals surface area (Å²) in [5.41, 5.74) is 2.28. The Balaban J connectivity index is 2.10. The lowest BCUT2D eigenvalue weighted by Gasteiger charge is -1.97. The van der Waals surface area contributed by atoms with E-state index in [0.717, 1.165) is 11.0 Å². The molecule has 3 rings (SSSR count). The van der Waals surface area contributed by atoms with Crippen LogP contribution in [0.2, 0.25) is 0 Å². The molecule has 96 valence electrons. The Morgan fingerprint density at radius 2 is 1.90 bits per heavy atom. The van der Waals surface area contributed by atoms with Gasteiger partial charge in [-0.25, -0.2) is 9.37 Å². The van der Waals surface area contributed by atoms with Crippen LogP contribution in [-0.2, 0) is 0 Å². The highest BCUT2D eigenvalue weighted by Crippen LogP contribution is 2.20. The van der Waals surface area contributed by atoms with Crippen LogP contribution in [0.3, 0.4) is 0 Å². The van der Waals surface area contributed by atoms with E-state index < -0.39 is 0 Å². The second-order valence-electron chi connectivity index (χ2n) is 4.29. The standard InChI is InChI=1S/C16H10FN3/c17-13-6-2-1-5-11(13)9-12(10-18)16-19-14-7-3-4-8-15(14)20-16/h1-9H,(H,19,20)/b12-9+. The molecule has 0 amide bonds. The van der Waals surface area contributed by atoms with Gasteiger partial charge in [0.1, 0.15) is 17.7 Å². The van der Waals surface area contributed by atoms with Gasteiger partial charge in [0.05, 0.1) is 16.6 Å². The van der Waals surface area contributed by atoms with Crippen molar-refractivity contribution in [3.63, 3.8) is 0 Å². The number of imidazole rings is 1. The van der Waals surface area contributed by atoms with Gasteiger partial charge in [-0.2, -0.15) is 5.26 Å². The first kappa shape index (κ1) is 12.1. The molecule has 1 aromatic heterocycles. The number of aromatic nitrogens is 2.